The van der Waals surface area contributed by atoms with E-state index in [4.69, 9.17) is 4.42 Å². The number of hydrogen-bond donors (Lipinski definition) is 2. The molecule has 0 spiro atoms. The average molecular weight is 296 g/mol. The standard InChI is InChI=1S/C13H14BrNO2/c14-13-7-6-11(17-13)8-15-9-12(16)10-4-2-1-3-5-10/h1-7,12,15-16H,8-9H2. The predicted molar refractivity (Wildman–Crippen MR) is 69.5 cm³/mol. The summed E-state index contributed by atoms with van der Waals surface area (Å²) < 4.78 is 6.06. The first-order valence-corrected chi connectivity index (χ1v) is 6.23. The highest BCUT2D eigenvalue weighted by atomic mass is 79.9. The van der Waals surface area contributed by atoms with Crippen molar-refractivity contribution in [2.24, 2.45) is 0 Å². The summed E-state index contributed by atoms with van der Waals surface area (Å²) in [5.74, 6) is 0.845. The maximum Gasteiger partial charge on any atom is 0.169 e. The summed E-state index contributed by atoms with van der Waals surface area (Å²) in [6.45, 7) is 1.11. The fourth-order valence-corrected chi connectivity index (χ4v) is 1.91. The smallest absolute Gasteiger partial charge is 0.169 e. The van der Waals surface area contributed by atoms with E-state index in [1.54, 1.807) is 0 Å². The van der Waals surface area contributed by atoms with Crippen molar-refractivity contribution in [3.8, 4) is 0 Å². The zero-order valence-corrected chi connectivity index (χ0v) is 10.9. The number of halogens is 1. The summed E-state index contributed by atoms with van der Waals surface area (Å²) in [5.41, 5.74) is 0.917. The average Bonchev–Trinajstić information content (AvgIpc) is 2.76. The minimum Gasteiger partial charge on any atom is -0.453 e. The van der Waals surface area contributed by atoms with Gasteiger partial charge in [-0.1, -0.05) is 30.3 Å². The zero-order valence-electron chi connectivity index (χ0n) is 9.27. The van der Waals surface area contributed by atoms with Crippen molar-refractivity contribution in [1.82, 2.24) is 5.32 Å². The molecule has 3 nitrogen and oxygen atoms in total. The van der Waals surface area contributed by atoms with Gasteiger partial charge in [-0.15, -0.1) is 0 Å². The Kier molecular flexibility index (Phi) is 4.36. The van der Waals surface area contributed by atoms with Crippen LogP contribution in [0.4, 0.5) is 0 Å². The molecule has 2 aromatic rings. The van der Waals surface area contributed by atoms with E-state index in [9.17, 15) is 5.11 Å². The molecular formula is C13H14BrNO2. The number of benzene rings is 1. The second-order valence-corrected chi connectivity index (χ2v) is 4.54. The molecule has 0 saturated carbocycles. The van der Waals surface area contributed by atoms with Gasteiger partial charge < -0.3 is 14.8 Å². The number of hydrogen-bond acceptors (Lipinski definition) is 3. The van der Waals surface area contributed by atoms with Gasteiger partial charge in [-0.3, -0.25) is 0 Å². The molecule has 2 N–H and O–H groups in total. The van der Waals surface area contributed by atoms with Gasteiger partial charge in [0.05, 0.1) is 12.6 Å². The van der Waals surface area contributed by atoms with Crippen molar-refractivity contribution in [3.63, 3.8) is 0 Å². The summed E-state index contributed by atoms with van der Waals surface area (Å²) in [5, 5.41) is 13.1. The van der Waals surface area contributed by atoms with Gasteiger partial charge in [0.1, 0.15) is 5.76 Å². The first-order valence-electron chi connectivity index (χ1n) is 5.43. The van der Waals surface area contributed by atoms with Crippen molar-refractivity contribution in [2.75, 3.05) is 6.54 Å². The molecule has 1 heterocycles. The summed E-state index contributed by atoms with van der Waals surface area (Å²) in [6.07, 6.45) is -0.491. The zero-order chi connectivity index (χ0) is 12.1. The van der Waals surface area contributed by atoms with Crippen molar-refractivity contribution in [2.45, 2.75) is 12.6 Å². The molecule has 0 fully saturated rings. The van der Waals surface area contributed by atoms with Crippen LogP contribution in [0.1, 0.15) is 17.4 Å². The van der Waals surface area contributed by atoms with E-state index in [0.717, 1.165) is 16.0 Å². The van der Waals surface area contributed by atoms with Gasteiger partial charge in [-0.25, -0.2) is 0 Å². The summed E-state index contributed by atoms with van der Waals surface area (Å²) in [6, 6.07) is 13.3. The molecule has 0 radical (unpaired) electrons. The van der Waals surface area contributed by atoms with Crippen LogP contribution in [0, 0.1) is 0 Å². The first kappa shape index (κ1) is 12.4. The number of furan rings is 1. The van der Waals surface area contributed by atoms with Crippen LogP contribution in [-0.4, -0.2) is 11.7 Å². The monoisotopic (exact) mass is 295 g/mol. The SMILES string of the molecule is OC(CNCc1ccc(Br)o1)c1ccccc1. The fourth-order valence-electron chi connectivity index (χ4n) is 1.57. The molecule has 0 bridgehead atoms. The normalized spacial score (nSPS) is 12.6. The van der Waals surface area contributed by atoms with Gasteiger partial charge in [0.2, 0.25) is 0 Å². The van der Waals surface area contributed by atoms with E-state index in [0.29, 0.717) is 13.1 Å². The molecule has 4 heteroatoms. The Labute approximate surface area is 109 Å². The lowest BCUT2D eigenvalue weighted by atomic mass is 10.1. The minimum absolute atomic E-state index is 0.491. The maximum atomic E-state index is 9.90. The van der Waals surface area contributed by atoms with E-state index in [-0.39, 0.29) is 0 Å². The molecular weight excluding hydrogens is 282 g/mol. The topological polar surface area (TPSA) is 45.4 Å². The lowest BCUT2D eigenvalue weighted by Gasteiger charge is -2.11. The van der Waals surface area contributed by atoms with E-state index in [2.05, 4.69) is 21.2 Å². The fraction of sp³-hybridized carbons (Fsp3) is 0.231. The van der Waals surface area contributed by atoms with Crippen molar-refractivity contribution in [1.29, 1.82) is 0 Å². The quantitative estimate of drug-likeness (QED) is 0.892. The lowest BCUT2D eigenvalue weighted by Crippen LogP contribution is -2.20. The molecule has 1 aromatic heterocycles. The van der Waals surface area contributed by atoms with Gasteiger partial charge in [-0.2, -0.15) is 0 Å². The molecule has 0 saturated heterocycles. The van der Waals surface area contributed by atoms with Crippen LogP contribution in [0.25, 0.3) is 0 Å². The molecule has 0 aliphatic carbocycles. The van der Waals surface area contributed by atoms with Crippen LogP contribution in [0.5, 0.6) is 0 Å². The van der Waals surface area contributed by atoms with Crippen LogP contribution < -0.4 is 5.32 Å². The van der Waals surface area contributed by atoms with Crippen LogP contribution in [-0.2, 0) is 6.54 Å². The van der Waals surface area contributed by atoms with Crippen LogP contribution in [0.3, 0.4) is 0 Å². The maximum absolute atomic E-state index is 9.90. The Morgan fingerprint density at radius 3 is 2.59 bits per heavy atom. The number of rotatable bonds is 5. The van der Waals surface area contributed by atoms with Gasteiger partial charge >= 0.3 is 0 Å². The largest absolute Gasteiger partial charge is 0.453 e. The molecule has 0 amide bonds. The Hall–Kier alpha value is -1.10. The number of aliphatic hydroxyl groups excluding tert-OH is 1. The lowest BCUT2D eigenvalue weighted by molar-refractivity contribution is 0.173. The molecule has 90 valence electrons. The minimum atomic E-state index is -0.491. The van der Waals surface area contributed by atoms with Gasteiger partial charge in [0, 0.05) is 6.54 Å². The van der Waals surface area contributed by atoms with Crippen molar-refractivity contribution < 1.29 is 9.52 Å². The Morgan fingerprint density at radius 1 is 1.18 bits per heavy atom. The molecule has 1 atom stereocenters. The molecule has 1 unspecified atom stereocenters. The van der Waals surface area contributed by atoms with Crippen LogP contribution >= 0.6 is 15.9 Å². The molecule has 17 heavy (non-hydrogen) atoms. The third kappa shape index (κ3) is 3.70. The first-order chi connectivity index (χ1) is 8.25. The Bertz CT molecular complexity index is 455. The second-order valence-electron chi connectivity index (χ2n) is 3.76. The van der Waals surface area contributed by atoms with E-state index in [1.807, 2.05) is 42.5 Å². The Balaban J connectivity index is 1.79. The number of nitrogens with one attached hydrogen (secondary N) is 1. The van der Waals surface area contributed by atoms with Crippen LogP contribution in [0.2, 0.25) is 0 Å². The van der Waals surface area contributed by atoms with Crippen molar-refractivity contribution >= 4 is 15.9 Å². The van der Waals surface area contributed by atoms with Gasteiger partial charge in [-0.05, 0) is 33.6 Å². The van der Waals surface area contributed by atoms with Gasteiger partial charge in [0.25, 0.3) is 0 Å². The van der Waals surface area contributed by atoms with Gasteiger partial charge in [0.15, 0.2) is 4.67 Å². The van der Waals surface area contributed by atoms with E-state index < -0.39 is 6.10 Å². The van der Waals surface area contributed by atoms with Crippen LogP contribution in [0.15, 0.2) is 51.6 Å². The predicted octanol–water partition coefficient (Wildman–Crippen LogP) is 2.87. The highest BCUT2D eigenvalue weighted by molar-refractivity contribution is 9.10. The second kappa shape index (κ2) is 6.00. The Morgan fingerprint density at radius 2 is 1.94 bits per heavy atom. The molecule has 2 rings (SSSR count). The third-order valence-corrected chi connectivity index (χ3v) is 2.88. The van der Waals surface area contributed by atoms with E-state index >= 15 is 0 Å². The van der Waals surface area contributed by atoms with Crippen molar-refractivity contribution in [3.05, 3.63) is 58.5 Å². The highest BCUT2D eigenvalue weighted by Gasteiger charge is 2.06. The molecule has 1 aromatic carbocycles. The summed E-state index contributed by atoms with van der Waals surface area (Å²) in [4.78, 5) is 0. The highest BCUT2D eigenvalue weighted by Crippen LogP contribution is 2.14. The molecule has 0 aliphatic heterocycles. The summed E-state index contributed by atoms with van der Waals surface area (Å²) >= 11 is 3.25. The van der Waals surface area contributed by atoms with E-state index in [1.165, 1.54) is 0 Å². The number of aliphatic hydroxyl groups is 1. The summed E-state index contributed by atoms with van der Waals surface area (Å²) in [7, 11) is 0. The third-order valence-electron chi connectivity index (χ3n) is 2.45. The molecule has 0 aliphatic rings.